The molecule has 0 N–H and O–H groups in total. The van der Waals surface area contributed by atoms with Crippen LogP contribution in [0.15, 0.2) is 0 Å². The molecule has 3 atom stereocenters. The summed E-state index contributed by atoms with van der Waals surface area (Å²) in [6.07, 6.45) is 6.58. The third-order valence-corrected chi connectivity index (χ3v) is 6.05. The van der Waals surface area contributed by atoms with Crippen LogP contribution < -0.4 is 0 Å². The standard InChI is InChI=1S/C20H38O7S.CH4/c1-5-9-11-16(7-3)14-26-19(21)13-18(28(23,24)25)20(22)27-15-17(8-4)12-10-6-2;/h16-18H,5-15H2,1-4H3,(H,23,24,25);1H4/p-1. The van der Waals surface area contributed by atoms with Crippen molar-refractivity contribution >= 4 is 22.1 Å². The molecule has 0 saturated heterocycles. The number of hydrogen-bond acceptors (Lipinski definition) is 7. The molecule has 0 fully saturated rings. The average Bonchev–Trinajstić information content (AvgIpc) is 2.65. The van der Waals surface area contributed by atoms with Crippen LogP contribution in [0.1, 0.15) is 92.9 Å². The first kappa shape index (κ1) is 30.0. The minimum atomic E-state index is -5.01. The quantitative estimate of drug-likeness (QED) is 0.259. The van der Waals surface area contributed by atoms with Gasteiger partial charge < -0.3 is 14.0 Å². The van der Waals surface area contributed by atoms with Gasteiger partial charge in [0.05, 0.1) is 19.6 Å². The second kappa shape index (κ2) is 16.6. The van der Waals surface area contributed by atoms with Crippen LogP contribution in [-0.4, -0.2) is 43.4 Å². The van der Waals surface area contributed by atoms with Crippen molar-refractivity contribution in [2.45, 2.75) is 98.2 Å². The van der Waals surface area contributed by atoms with E-state index in [2.05, 4.69) is 13.8 Å². The smallest absolute Gasteiger partial charge is 0.323 e. The normalized spacial score (nSPS) is 14.4. The Morgan fingerprint density at radius 3 is 1.69 bits per heavy atom. The van der Waals surface area contributed by atoms with Crippen LogP contribution >= 0.6 is 0 Å². The first-order chi connectivity index (χ1) is 13.2. The topological polar surface area (TPSA) is 110 Å². The van der Waals surface area contributed by atoms with Gasteiger partial charge in [-0.05, 0) is 24.7 Å². The fraction of sp³-hybridized carbons (Fsp3) is 0.905. The Bertz CT molecular complexity index is 545. The van der Waals surface area contributed by atoms with Gasteiger partial charge in [0.1, 0.15) is 10.1 Å². The van der Waals surface area contributed by atoms with E-state index in [9.17, 15) is 22.6 Å². The summed E-state index contributed by atoms with van der Waals surface area (Å²) in [6.45, 7) is 8.26. The van der Waals surface area contributed by atoms with Crippen LogP contribution in [0, 0.1) is 11.8 Å². The van der Waals surface area contributed by atoms with Gasteiger partial charge in [0, 0.05) is 0 Å². The maximum atomic E-state index is 12.1. The van der Waals surface area contributed by atoms with Crippen molar-refractivity contribution < 1.29 is 32.0 Å². The van der Waals surface area contributed by atoms with Crippen molar-refractivity contribution in [3.63, 3.8) is 0 Å². The molecule has 0 saturated carbocycles. The highest BCUT2D eigenvalue weighted by Gasteiger charge is 2.31. The van der Waals surface area contributed by atoms with E-state index in [1.54, 1.807) is 0 Å². The van der Waals surface area contributed by atoms with E-state index < -0.39 is 33.7 Å². The lowest BCUT2D eigenvalue weighted by Crippen LogP contribution is -2.35. The Balaban J connectivity index is 0. The number of ether oxygens (including phenoxy) is 2. The van der Waals surface area contributed by atoms with Crippen LogP contribution in [0.2, 0.25) is 0 Å². The van der Waals surface area contributed by atoms with Crippen molar-refractivity contribution in [1.29, 1.82) is 0 Å². The predicted octanol–water partition coefficient (Wildman–Crippen LogP) is 4.45. The van der Waals surface area contributed by atoms with E-state index in [0.717, 1.165) is 51.4 Å². The third kappa shape index (κ3) is 13.7. The lowest BCUT2D eigenvalue weighted by Gasteiger charge is -2.21. The van der Waals surface area contributed by atoms with Gasteiger partial charge >= 0.3 is 11.9 Å². The summed E-state index contributed by atoms with van der Waals surface area (Å²) in [6, 6.07) is 0. The van der Waals surface area contributed by atoms with E-state index in [1.807, 2.05) is 13.8 Å². The summed E-state index contributed by atoms with van der Waals surface area (Å²) < 4.78 is 44.6. The van der Waals surface area contributed by atoms with E-state index >= 15 is 0 Å². The molecule has 174 valence electrons. The molecule has 0 aromatic rings. The van der Waals surface area contributed by atoms with E-state index in [0.29, 0.717) is 0 Å². The zero-order chi connectivity index (χ0) is 21.6. The average molecular weight is 438 g/mol. The zero-order valence-electron chi connectivity index (χ0n) is 17.8. The van der Waals surface area contributed by atoms with Gasteiger partial charge in [-0.1, -0.05) is 73.6 Å². The molecule has 0 amide bonds. The minimum Gasteiger partial charge on any atom is -0.747 e. The number of unbranched alkanes of at least 4 members (excludes halogenated alkanes) is 2. The highest BCUT2D eigenvalue weighted by atomic mass is 32.2. The highest BCUT2D eigenvalue weighted by molar-refractivity contribution is 7.87. The Morgan fingerprint density at radius 1 is 0.862 bits per heavy atom. The molecule has 7 nitrogen and oxygen atoms in total. The summed E-state index contributed by atoms with van der Waals surface area (Å²) in [5.74, 6) is -1.74. The summed E-state index contributed by atoms with van der Waals surface area (Å²) in [7, 11) is -5.01. The monoisotopic (exact) mass is 437 g/mol. The van der Waals surface area contributed by atoms with Crippen molar-refractivity contribution in [3.8, 4) is 0 Å². The van der Waals surface area contributed by atoms with E-state index in [1.165, 1.54) is 0 Å². The summed E-state index contributed by atoms with van der Waals surface area (Å²) in [4.78, 5) is 24.1. The van der Waals surface area contributed by atoms with Crippen LogP contribution in [0.25, 0.3) is 0 Å². The molecule has 3 unspecified atom stereocenters. The Kier molecular flexibility index (Phi) is 17.2. The van der Waals surface area contributed by atoms with Crippen LogP contribution in [0.3, 0.4) is 0 Å². The van der Waals surface area contributed by atoms with Gasteiger partial charge in [-0.2, -0.15) is 0 Å². The van der Waals surface area contributed by atoms with E-state index in [-0.39, 0.29) is 32.5 Å². The Labute approximate surface area is 177 Å². The molecule has 0 aliphatic rings. The summed E-state index contributed by atoms with van der Waals surface area (Å²) in [5.41, 5.74) is 0. The van der Waals surface area contributed by atoms with Gasteiger partial charge in [0.25, 0.3) is 0 Å². The summed E-state index contributed by atoms with van der Waals surface area (Å²) in [5, 5.41) is -2.06. The molecule has 0 rings (SSSR count). The molecule has 0 heterocycles. The number of esters is 2. The van der Waals surface area contributed by atoms with Gasteiger partial charge in [0.15, 0.2) is 5.25 Å². The lowest BCUT2D eigenvalue weighted by molar-refractivity contribution is -0.151. The van der Waals surface area contributed by atoms with Gasteiger partial charge in [-0.25, -0.2) is 8.42 Å². The van der Waals surface area contributed by atoms with E-state index in [4.69, 9.17) is 9.47 Å². The number of carbonyl (C=O) groups excluding carboxylic acids is 2. The zero-order valence-corrected chi connectivity index (χ0v) is 18.6. The molecule has 8 heteroatoms. The molecule has 29 heavy (non-hydrogen) atoms. The first-order valence-electron chi connectivity index (χ1n) is 10.5. The maximum absolute atomic E-state index is 12.1. The Morgan fingerprint density at radius 2 is 1.31 bits per heavy atom. The molecule has 0 bridgehead atoms. The van der Waals surface area contributed by atoms with Gasteiger partial charge in [0.2, 0.25) is 0 Å². The molecule has 0 aromatic carbocycles. The van der Waals surface area contributed by atoms with Crippen molar-refractivity contribution in [1.82, 2.24) is 0 Å². The lowest BCUT2D eigenvalue weighted by atomic mass is 10.0. The molecule has 0 aliphatic carbocycles. The number of rotatable bonds is 16. The predicted molar refractivity (Wildman–Crippen MR) is 113 cm³/mol. The highest BCUT2D eigenvalue weighted by Crippen LogP contribution is 2.17. The first-order valence-corrected chi connectivity index (χ1v) is 11.9. The second-order valence-corrected chi connectivity index (χ2v) is 8.89. The maximum Gasteiger partial charge on any atom is 0.323 e. The number of carbonyl (C=O) groups is 2. The summed E-state index contributed by atoms with van der Waals surface area (Å²) >= 11 is 0. The SMILES string of the molecule is C.CCCCC(CC)COC(=O)CC(C(=O)OCC(CC)CCCC)S(=O)(=O)[O-]. The molecule has 0 aliphatic heterocycles. The Hall–Kier alpha value is -1.15. The van der Waals surface area contributed by atoms with Crippen molar-refractivity contribution in [3.05, 3.63) is 0 Å². The van der Waals surface area contributed by atoms with Crippen molar-refractivity contribution in [2.24, 2.45) is 11.8 Å². The van der Waals surface area contributed by atoms with Crippen LogP contribution in [0.4, 0.5) is 0 Å². The van der Waals surface area contributed by atoms with Crippen LogP contribution in [0.5, 0.6) is 0 Å². The molecule has 0 aromatic heterocycles. The van der Waals surface area contributed by atoms with Gasteiger partial charge in [-0.15, -0.1) is 0 Å². The fourth-order valence-electron chi connectivity index (χ4n) is 2.81. The molecular weight excluding hydrogens is 396 g/mol. The van der Waals surface area contributed by atoms with Crippen LogP contribution in [-0.2, 0) is 29.2 Å². The number of hydrogen-bond donors (Lipinski definition) is 0. The molecular formula is C21H41O7S-. The third-order valence-electron chi connectivity index (χ3n) is 4.99. The van der Waals surface area contributed by atoms with Crippen molar-refractivity contribution in [2.75, 3.05) is 13.2 Å². The molecule has 0 spiro atoms. The molecule has 0 radical (unpaired) electrons. The van der Waals surface area contributed by atoms with Gasteiger partial charge in [-0.3, -0.25) is 9.59 Å². The largest absolute Gasteiger partial charge is 0.747 e. The minimum absolute atomic E-state index is 0. The fourth-order valence-corrected chi connectivity index (χ4v) is 3.46. The second-order valence-electron chi connectivity index (χ2n) is 7.33.